The molecule has 2 heterocycles. The average molecular weight is 415 g/mol. The number of nitrogens with one attached hydrogen (secondary N) is 1. The standard InChI is InChI=1S/C23H21N5O3/c1-3-21(30)26-17-10-8-16(9-11-17)20(29)13-27-14-24-22-18(23(27)31)12-25-28(22)19-7-5-4-6-15(19)2/h4-12,14H,3,13H2,1-2H3,(H,26,30). The second-order valence-corrected chi connectivity index (χ2v) is 7.16. The topological polar surface area (TPSA) is 98.9 Å². The van der Waals surface area contributed by atoms with Crippen molar-refractivity contribution in [1.29, 1.82) is 0 Å². The first kappa shape index (κ1) is 20.2. The molecular weight excluding hydrogens is 394 g/mol. The van der Waals surface area contributed by atoms with E-state index in [1.165, 1.54) is 17.1 Å². The SMILES string of the molecule is CCC(=O)Nc1ccc(C(=O)Cn2cnc3c(cnn3-c3ccccc3C)c2=O)cc1. The first-order valence-corrected chi connectivity index (χ1v) is 9.90. The second kappa shape index (κ2) is 8.35. The molecule has 0 aliphatic heterocycles. The molecule has 8 heteroatoms. The van der Waals surface area contributed by atoms with Crippen LogP contribution in [-0.4, -0.2) is 31.0 Å². The van der Waals surface area contributed by atoms with Gasteiger partial charge in [-0.2, -0.15) is 5.10 Å². The van der Waals surface area contributed by atoms with Crippen molar-refractivity contribution in [2.24, 2.45) is 0 Å². The largest absolute Gasteiger partial charge is 0.326 e. The maximum absolute atomic E-state index is 12.9. The number of carbonyl (C=O) groups excluding carboxylic acids is 2. The second-order valence-electron chi connectivity index (χ2n) is 7.16. The van der Waals surface area contributed by atoms with Crippen LogP contribution >= 0.6 is 0 Å². The number of aromatic nitrogens is 4. The van der Waals surface area contributed by atoms with Crippen molar-refractivity contribution in [3.63, 3.8) is 0 Å². The zero-order chi connectivity index (χ0) is 22.0. The van der Waals surface area contributed by atoms with Crippen molar-refractivity contribution < 1.29 is 9.59 Å². The number of nitrogens with zero attached hydrogens (tertiary/aromatic N) is 4. The Labute approximate surface area is 178 Å². The predicted molar refractivity (Wildman–Crippen MR) is 118 cm³/mol. The summed E-state index contributed by atoms with van der Waals surface area (Å²) in [6, 6.07) is 14.3. The smallest absolute Gasteiger partial charge is 0.264 e. The van der Waals surface area contributed by atoms with Gasteiger partial charge in [0.2, 0.25) is 5.91 Å². The number of anilines is 1. The fraction of sp³-hybridized carbons (Fsp3) is 0.174. The normalized spacial score (nSPS) is 10.9. The first-order valence-electron chi connectivity index (χ1n) is 9.90. The van der Waals surface area contributed by atoms with Crippen LogP contribution < -0.4 is 10.9 Å². The maximum atomic E-state index is 12.9. The van der Waals surface area contributed by atoms with Gasteiger partial charge in [-0.15, -0.1) is 0 Å². The van der Waals surface area contributed by atoms with E-state index in [0.717, 1.165) is 11.3 Å². The first-order chi connectivity index (χ1) is 15.0. The van der Waals surface area contributed by atoms with E-state index in [4.69, 9.17) is 0 Å². The van der Waals surface area contributed by atoms with E-state index in [1.54, 1.807) is 35.9 Å². The number of ketones is 1. The van der Waals surface area contributed by atoms with E-state index in [9.17, 15) is 14.4 Å². The molecule has 1 amide bonds. The minimum Gasteiger partial charge on any atom is -0.326 e. The van der Waals surface area contributed by atoms with E-state index in [-0.39, 0.29) is 23.8 Å². The molecule has 0 atom stereocenters. The van der Waals surface area contributed by atoms with Crippen LogP contribution in [0.3, 0.4) is 0 Å². The van der Waals surface area contributed by atoms with Gasteiger partial charge < -0.3 is 5.32 Å². The van der Waals surface area contributed by atoms with Gasteiger partial charge >= 0.3 is 0 Å². The van der Waals surface area contributed by atoms with Crippen LogP contribution in [0.25, 0.3) is 16.7 Å². The molecule has 156 valence electrons. The highest BCUT2D eigenvalue weighted by atomic mass is 16.2. The Morgan fingerprint density at radius 1 is 1.06 bits per heavy atom. The Kier molecular flexibility index (Phi) is 5.44. The van der Waals surface area contributed by atoms with E-state index < -0.39 is 0 Å². The summed E-state index contributed by atoms with van der Waals surface area (Å²) in [5, 5.41) is 7.40. The van der Waals surface area contributed by atoms with Gasteiger partial charge in [-0.25, -0.2) is 9.67 Å². The summed E-state index contributed by atoms with van der Waals surface area (Å²) in [7, 11) is 0. The molecule has 0 aliphatic rings. The Morgan fingerprint density at radius 2 is 1.81 bits per heavy atom. The van der Waals surface area contributed by atoms with Crippen LogP contribution in [0.5, 0.6) is 0 Å². The fourth-order valence-corrected chi connectivity index (χ4v) is 3.27. The molecule has 0 saturated heterocycles. The van der Waals surface area contributed by atoms with Crippen molar-refractivity contribution in [1.82, 2.24) is 19.3 Å². The molecule has 0 radical (unpaired) electrons. The lowest BCUT2D eigenvalue weighted by molar-refractivity contribution is -0.115. The Hall–Kier alpha value is -4.07. The number of fused-ring (bicyclic) bond motifs is 1. The summed E-state index contributed by atoms with van der Waals surface area (Å²) in [6.07, 6.45) is 3.22. The molecule has 0 saturated carbocycles. The molecular formula is C23H21N5O3. The third-order valence-electron chi connectivity index (χ3n) is 5.02. The number of aryl methyl sites for hydroxylation is 1. The summed E-state index contributed by atoms with van der Waals surface area (Å²) in [5.41, 5.74) is 3.02. The lowest BCUT2D eigenvalue weighted by Crippen LogP contribution is -2.24. The van der Waals surface area contributed by atoms with E-state index in [2.05, 4.69) is 15.4 Å². The van der Waals surface area contributed by atoms with Crippen LogP contribution in [0.2, 0.25) is 0 Å². The summed E-state index contributed by atoms with van der Waals surface area (Å²) in [5.74, 6) is -0.334. The molecule has 2 aromatic heterocycles. The molecule has 0 aliphatic carbocycles. The monoisotopic (exact) mass is 415 g/mol. The third-order valence-corrected chi connectivity index (χ3v) is 5.02. The van der Waals surface area contributed by atoms with Crippen molar-refractivity contribution in [2.75, 3.05) is 5.32 Å². The fourth-order valence-electron chi connectivity index (χ4n) is 3.27. The predicted octanol–water partition coefficient (Wildman–Crippen LogP) is 3.12. The van der Waals surface area contributed by atoms with Crippen LogP contribution in [0.1, 0.15) is 29.3 Å². The van der Waals surface area contributed by atoms with Crippen LogP contribution in [0.15, 0.2) is 65.8 Å². The summed E-state index contributed by atoms with van der Waals surface area (Å²) < 4.78 is 2.91. The van der Waals surface area contributed by atoms with Gasteiger partial charge in [-0.05, 0) is 42.8 Å². The Bertz CT molecular complexity index is 1340. The highest BCUT2D eigenvalue weighted by Gasteiger charge is 2.15. The van der Waals surface area contributed by atoms with Gasteiger partial charge in [0.05, 0.1) is 18.4 Å². The minimum atomic E-state index is -0.329. The number of carbonyl (C=O) groups is 2. The molecule has 0 fully saturated rings. The summed E-state index contributed by atoms with van der Waals surface area (Å²) >= 11 is 0. The van der Waals surface area contributed by atoms with Crippen molar-refractivity contribution in [3.8, 4) is 5.69 Å². The van der Waals surface area contributed by atoms with E-state index in [1.807, 2.05) is 31.2 Å². The molecule has 4 aromatic rings. The van der Waals surface area contributed by atoms with Gasteiger partial charge in [-0.1, -0.05) is 25.1 Å². The van der Waals surface area contributed by atoms with Crippen LogP contribution in [-0.2, 0) is 11.3 Å². The molecule has 2 aromatic carbocycles. The number of rotatable bonds is 6. The molecule has 4 rings (SSSR count). The van der Waals surface area contributed by atoms with Gasteiger partial charge in [0.15, 0.2) is 11.4 Å². The number of Topliss-reactive ketones (excluding diaryl/α,β-unsaturated/α-hetero) is 1. The van der Waals surface area contributed by atoms with Crippen molar-refractivity contribution in [2.45, 2.75) is 26.8 Å². The third kappa shape index (κ3) is 4.00. The molecule has 31 heavy (non-hydrogen) atoms. The number of amides is 1. The molecule has 0 unspecified atom stereocenters. The maximum Gasteiger partial charge on any atom is 0.264 e. The average Bonchev–Trinajstić information content (AvgIpc) is 3.21. The van der Waals surface area contributed by atoms with Gasteiger partial charge in [0.25, 0.3) is 5.56 Å². The van der Waals surface area contributed by atoms with Crippen molar-refractivity contribution in [3.05, 3.63) is 82.5 Å². The zero-order valence-corrected chi connectivity index (χ0v) is 17.2. The van der Waals surface area contributed by atoms with Crippen LogP contribution in [0, 0.1) is 6.92 Å². The van der Waals surface area contributed by atoms with Crippen molar-refractivity contribution >= 4 is 28.4 Å². The molecule has 0 bridgehead atoms. The number of hydrogen-bond acceptors (Lipinski definition) is 5. The summed E-state index contributed by atoms with van der Waals surface area (Å²) in [6.45, 7) is 3.58. The quantitative estimate of drug-likeness (QED) is 0.488. The number of para-hydroxylation sites is 1. The Balaban J connectivity index is 1.59. The van der Waals surface area contributed by atoms with Crippen LogP contribution in [0.4, 0.5) is 5.69 Å². The van der Waals surface area contributed by atoms with Gasteiger partial charge in [0.1, 0.15) is 11.7 Å². The van der Waals surface area contributed by atoms with Gasteiger partial charge in [-0.3, -0.25) is 19.0 Å². The summed E-state index contributed by atoms with van der Waals surface area (Å²) in [4.78, 5) is 41.4. The highest BCUT2D eigenvalue weighted by Crippen LogP contribution is 2.17. The Morgan fingerprint density at radius 3 is 2.52 bits per heavy atom. The molecule has 1 N–H and O–H groups in total. The van der Waals surface area contributed by atoms with Gasteiger partial charge in [0, 0.05) is 17.7 Å². The lowest BCUT2D eigenvalue weighted by atomic mass is 10.1. The molecule has 8 nitrogen and oxygen atoms in total. The number of hydrogen-bond donors (Lipinski definition) is 1. The highest BCUT2D eigenvalue weighted by molar-refractivity contribution is 5.97. The number of benzene rings is 2. The lowest BCUT2D eigenvalue weighted by Gasteiger charge is -2.08. The van der Waals surface area contributed by atoms with E-state index >= 15 is 0 Å². The van der Waals surface area contributed by atoms with E-state index in [0.29, 0.717) is 28.7 Å². The molecule has 0 spiro atoms. The zero-order valence-electron chi connectivity index (χ0n) is 17.2. The minimum absolute atomic E-state index is 0.101.